The number of rotatable bonds is 22. The molecule has 1 heterocycles. The fourth-order valence-corrected chi connectivity index (χ4v) is 9.74. The number of pyridine rings is 1. The fraction of sp³-hybridized carbons (Fsp3) is 0.173. The number of carbonyl (C=O) groups is 8. The van der Waals surface area contributed by atoms with Crippen molar-refractivity contribution in [3.05, 3.63) is 308 Å². The van der Waals surface area contributed by atoms with Crippen LogP contribution in [0.25, 0.3) is 0 Å². The number of para-hydroxylation sites is 2. The lowest BCUT2D eigenvalue weighted by Crippen LogP contribution is -2.49. The van der Waals surface area contributed by atoms with E-state index in [2.05, 4.69) is 31.6 Å². The van der Waals surface area contributed by atoms with E-state index in [1.54, 1.807) is 19.9 Å². The average Bonchev–Trinajstić information content (AvgIpc) is 0.802. The molecule has 0 aliphatic heterocycles. The van der Waals surface area contributed by atoms with E-state index >= 15 is 0 Å². The van der Waals surface area contributed by atoms with Crippen LogP contribution in [0.4, 0.5) is 122 Å². The molecule has 0 saturated carbocycles. The van der Waals surface area contributed by atoms with E-state index in [4.69, 9.17) is 4.74 Å². The van der Waals surface area contributed by atoms with Gasteiger partial charge in [0.1, 0.15) is 34.8 Å². The first-order valence-electron chi connectivity index (χ1n) is 34.2. The molecule has 10 rings (SSSR count). The maximum atomic E-state index is 14.8. The van der Waals surface area contributed by atoms with Gasteiger partial charge in [-0.2, -0.15) is 35.1 Å². The van der Waals surface area contributed by atoms with Crippen LogP contribution < -0.4 is 47.3 Å². The highest BCUT2D eigenvalue weighted by Crippen LogP contribution is 2.38. The predicted molar refractivity (Wildman–Crippen MR) is 393 cm³/mol. The number of aryl methyl sites for hydroxylation is 1. The summed E-state index contributed by atoms with van der Waals surface area (Å²) in [6.45, 7) is 9.36. The van der Waals surface area contributed by atoms with Crippen LogP contribution in [0.15, 0.2) is 188 Å². The number of nitrogens with zero attached hydrogens (tertiary/aromatic N) is 1. The SMILES string of the molecule is CC(C)NC(=O)C(F)(F)c1cc(C(=O)Nc2ccc(F)c(F)c2)ccc1F.CCC(C)(C)NC(=O)C(F)(F)c1cc(C(=O)Nc2ccc(F)c(F)c2)ccc1F.COc1ccccc1NC(=O)C(F)(F)c1cc(C(=O)Nc2ccc(F)c(F)c2)ccc1F.Cc1ccc(NC(=O)C(F)(F)c2cc(C(=O)Nc3ccc(F)c(F)c3)ccc2F)nc1. The lowest BCUT2D eigenvalue weighted by atomic mass is 9.99. The van der Waals surface area contributed by atoms with Gasteiger partial charge < -0.3 is 47.3 Å². The smallest absolute Gasteiger partial charge is 0.352 e. The predicted octanol–water partition coefficient (Wildman–Crippen LogP) is 18.6. The van der Waals surface area contributed by atoms with Crippen molar-refractivity contribution in [2.75, 3.05) is 39.0 Å². The normalized spacial score (nSPS) is 11.4. The summed E-state index contributed by atoms with van der Waals surface area (Å²) in [6.07, 6.45) is 1.70. The molecule has 8 amide bonds. The minimum atomic E-state index is -4.36. The first-order valence-corrected chi connectivity index (χ1v) is 34.2. The highest BCUT2D eigenvalue weighted by molar-refractivity contribution is 6.07. The Labute approximate surface area is 661 Å². The standard InChI is InChI=1S/C22H15F5N2O3.C21H14F5N3O2.C20H19F5N2O2.C18H15F5N2O2/c1-32-19-5-3-2-4-18(19)29-21(31)22(26,27)14-10-12(6-8-15(14)23)20(30)28-13-7-9-16(24)17(25)11-13;1-11-2-7-18(27-10-11)29-20(31)21(25,26)14-8-12(3-5-15(14)22)19(30)28-13-4-6-16(23)17(24)9-13;1-4-19(2,3)27-18(29)20(24,25)13-9-11(5-7-14(13)21)17(28)26-12-6-8-15(22)16(23)10-12;1-9(2)24-17(27)18(22,23)12-7-10(3-5-13(12)19)16(26)25-11-4-6-14(20)15(21)8-11/h2-11H,1H3,(H,28,30)(H,29,31);2-10H,1H3,(H,28,30)(H,27,29,31);5-10H,4H2,1-3H3,(H,26,28)(H,27,29);3-9H,1-2H3,(H,24,27)(H,25,26). The van der Waals surface area contributed by atoms with Crippen molar-refractivity contribution in [1.82, 2.24) is 15.6 Å². The van der Waals surface area contributed by atoms with Gasteiger partial charge in [0, 0.05) is 87.0 Å². The van der Waals surface area contributed by atoms with E-state index in [1.165, 1.54) is 71.3 Å². The van der Waals surface area contributed by atoms with Crippen molar-refractivity contribution in [3.8, 4) is 5.75 Å². The van der Waals surface area contributed by atoms with Crippen LogP contribution in [0.1, 0.15) is 110 Å². The molecule has 0 unspecified atom stereocenters. The molecule has 0 atom stereocenters. The lowest BCUT2D eigenvalue weighted by Gasteiger charge is -2.27. The van der Waals surface area contributed by atoms with Crippen LogP contribution in [0.2, 0.25) is 0 Å². The van der Waals surface area contributed by atoms with Crippen LogP contribution in [-0.2, 0) is 42.9 Å². The topological polar surface area (TPSA) is 255 Å². The minimum absolute atomic E-state index is 0.0627. The Balaban J connectivity index is 0.000000219. The number of methoxy groups -OCH3 is 1. The van der Waals surface area contributed by atoms with Gasteiger partial charge in [-0.05, 0) is 186 Å². The Morgan fingerprint density at radius 1 is 0.361 bits per heavy atom. The number of ether oxygens (including phenoxy) is 1. The van der Waals surface area contributed by atoms with Gasteiger partial charge >= 0.3 is 29.6 Å². The molecule has 0 radical (unpaired) electrons. The largest absolute Gasteiger partial charge is 0.495 e. The zero-order valence-electron chi connectivity index (χ0n) is 62.4. The number of benzene rings is 9. The van der Waals surface area contributed by atoms with Crippen molar-refractivity contribution in [3.63, 3.8) is 0 Å². The van der Waals surface area contributed by atoms with Crippen LogP contribution in [0.3, 0.4) is 0 Å². The number of alkyl halides is 8. The van der Waals surface area contributed by atoms with E-state index in [-0.39, 0.29) is 40.0 Å². The first-order chi connectivity index (χ1) is 55.6. The number of nitrogens with one attached hydrogen (secondary N) is 8. The number of halogens is 20. The molecule has 0 fully saturated rings. The van der Waals surface area contributed by atoms with Gasteiger partial charge in [0.2, 0.25) is 0 Å². The summed E-state index contributed by atoms with van der Waals surface area (Å²) in [5.41, 5.74) is -7.73. The van der Waals surface area contributed by atoms with E-state index in [0.717, 1.165) is 78.4 Å². The molecule has 0 aliphatic rings. The molecular formula is C81H63F20N9O9. The summed E-state index contributed by atoms with van der Waals surface area (Å²) in [5.74, 6) is -43.3. The molecule has 18 nitrogen and oxygen atoms in total. The number of aromatic nitrogens is 1. The third-order valence-corrected chi connectivity index (χ3v) is 16.4. The van der Waals surface area contributed by atoms with Gasteiger partial charge in [0.15, 0.2) is 46.5 Å². The molecule has 8 N–H and O–H groups in total. The summed E-state index contributed by atoms with van der Waals surface area (Å²) < 4.78 is 283. The Hall–Kier alpha value is -13.7. The molecule has 38 heteroatoms. The third kappa shape index (κ3) is 24.0. The maximum Gasteiger partial charge on any atom is 0.352 e. The van der Waals surface area contributed by atoms with Crippen LogP contribution in [-0.4, -0.2) is 70.9 Å². The van der Waals surface area contributed by atoms with Crippen molar-refractivity contribution < 1.29 is 131 Å². The molecule has 0 aliphatic carbocycles. The lowest BCUT2D eigenvalue weighted by molar-refractivity contribution is -0.149. The van der Waals surface area contributed by atoms with Gasteiger partial charge in [-0.15, -0.1) is 0 Å². The van der Waals surface area contributed by atoms with Crippen molar-refractivity contribution in [2.45, 2.75) is 83.2 Å². The maximum absolute atomic E-state index is 14.8. The van der Waals surface area contributed by atoms with Gasteiger partial charge in [-0.3, -0.25) is 38.4 Å². The summed E-state index contributed by atoms with van der Waals surface area (Å²) in [7, 11) is 1.28. The second-order valence-corrected chi connectivity index (χ2v) is 26.1. The summed E-state index contributed by atoms with van der Waals surface area (Å²) >= 11 is 0. The van der Waals surface area contributed by atoms with E-state index in [1.807, 2.05) is 16.0 Å². The number of carbonyl (C=O) groups excluding carboxylic acids is 8. The number of hydrogen-bond donors (Lipinski definition) is 8. The monoisotopic (exact) mass is 1690 g/mol. The van der Waals surface area contributed by atoms with Crippen molar-refractivity contribution in [2.24, 2.45) is 0 Å². The van der Waals surface area contributed by atoms with Crippen LogP contribution in [0.5, 0.6) is 5.75 Å². The van der Waals surface area contributed by atoms with E-state index < -0.39 is 197 Å². The second kappa shape index (κ2) is 38.8. The Morgan fingerprint density at radius 2 is 0.664 bits per heavy atom. The Morgan fingerprint density at radius 3 is 0.958 bits per heavy atom. The minimum Gasteiger partial charge on any atom is -0.495 e. The average molecular weight is 1690 g/mol. The van der Waals surface area contributed by atoms with Gasteiger partial charge in [0.05, 0.1) is 35.1 Å². The number of anilines is 6. The third-order valence-electron chi connectivity index (χ3n) is 16.4. The second-order valence-electron chi connectivity index (χ2n) is 26.1. The summed E-state index contributed by atoms with van der Waals surface area (Å²) in [4.78, 5) is 101. The zero-order chi connectivity index (χ0) is 88.6. The van der Waals surface area contributed by atoms with Crippen molar-refractivity contribution in [1.29, 1.82) is 0 Å². The molecule has 1 aromatic heterocycles. The molecule has 119 heavy (non-hydrogen) atoms. The number of hydrogen-bond acceptors (Lipinski definition) is 10. The molecule has 0 spiro atoms. The zero-order valence-corrected chi connectivity index (χ0v) is 62.4. The number of amides is 8. The molecular weight excluding hydrogens is 1620 g/mol. The Bertz CT molecular complexity index is 5490. The molecule has 10 aromatic rings. The van der Waals surface area contributed by atoms with Crippen molar-refractivity contribution >= 4 is 81.5 Å². The van der Waals surface area contributed by atoms with Gasteiger partial charge in [-0.25, -0.2) is 57.7 Å². The van der Waals surface area contributed by atoms with Crippen LogP contribution in [0, 0.1) is 76.7 Å². The Kier molecular flexibility index (Phi) is 30.2. The summed E-state index contributed by atoms with van der Waals surface area (Å²) in [5, 5.41) is 16.7. The van der Waals surface area contributed by atoms with E-state index in [0.29, 0.717) is 79.2 Å². The highest BCUT2D eigenvalue weighted by atomic mass is 19.3. The molecule has 0 bridgehead atoms. The van der Waals surface area contributed by atoms with Crippen LogP contribution >= 0.6 is 0 Å². The van der Waals surface area contributed by atoms with Gasteiger partial charge in [-0.1, -0.05) is 25.1 Å². The molecule has 626 valence electrons. The quantitative estimate of drug-likeness (QED) is 0.0298. The molecule has 0 saturated heterocycles. The van der Waals surface area contributed by atoms with E-state index in [9.17, 15) is 126 Å². The molecule has 9 aromatic carbocycles. The summed E-state index contributed by atoms with van der Waals surface area (Å²) in [6, 6.07) is 26.3. The fourth-order valence-electron chi connectivity index (χ4n) is 9.74. The highest BCUT2D eigenvalue weighted by Gasteiger charge is 2.48. The van der Waals surface area contributed by atoms with Gasteiger partial charge in [0.25, 0.3) is 41.4 Å². The first kappa shape index (κ1) is 92.5.